The minimum Gasteiger partial charge on any atom is -0.465 e. The second-order valence-corrected chi connectivity index (χ2v) is 3.11. The van der Waals surface area contributed by atoms with Crippen LogP contribution in [0.4, 0.5) is 4.79 Å². The highest BCUT2D eigenvalue weighted by Crippen LogP contribution is 2.11. The molecule has 1 fully saturated rings. The van der Waals surface area contributed by atoms with Gasteiger partial charge in [-0.3, -0.25) is 0 Å². The van der Waals surface area contributed by atoms with Crippen LogP contribution in [0, 0.1) is 0 Å². The zero-order chi connectivity index (χ0) is 9.84. The quantitative estimate of drug-likeness (QED) is 0.648. The average molecular weight is 189 g/mol. The van der Waals surface area contributed by atoms with E-state index in [1.807, 2.05) is 6.92 Å². The van der Waals surface area contributed by atoms with Gasteiger partial charge in [0.1, 0.15) is 6.10 Å². The Morgan fingerprint density at radius 3 is 3.00 bits per heavy atom. The summed E-state index contributed by atoms with van der Waals surface area (Å²) >= 11 is 0. The molecule has 0 bridgehead atoms. The van der Waals surface area contributed by atoms with Crippen molar-refractivity contribution in [1.82, 2.24) is 4.90 Å². The Morgan fingerprint density at radius 2 is 2.46 bits per heavy atom. The van der Waals surface area contributed by atoms with Crippen molar-refractivity contribution >= 4 is 6.09 Å². The van der Waals surface area contributed by atoms with Crippen LogP contribution in [0.5, 0.6) is 0 Å². The summed E-state index contributed by atoms with van der Waals surface area (Å²) in [4.78, 5) is 11.9. The maximum absolute atomic E-state index is 10.6. The van der Waals surface area contributed by atoms with Crippen LogP contribution in [-0.4, -0.2) is 53.1 Å². The second-order valence-electron chi connectivity index (χ2n) is 3.11. The van der Waals surface area contributed by atoms with Gasteiger partial charge in [-0.15, -0.1) is 0 Å². The largest absolute Gasteiger partial charge is 0.465 e. The maximum Gasteiger partial charge on any atom is 0.407 e. The highest BCUT2D eigenvalue weighted by atomic mass is 16.5. The van der Waals surface area contributed by atoms with Crippen LogP contribution in [0.15, 0.2) is 0 Å². The fraction of sp³-hybridized carbons (Fsp3) is 0.875. The number of hydrogen-bond acceptors (Lipinski definition) is 3. The Hall–Kier alpha value is -0.810. The maximum atomic E-state index is 10.6. The van der Waals surface area contributed by atoms with E-state index < -0.39 is 12.2 Å². The van der Waals surface area contributed by atoms with Gasteiger partial charge in [0.15, 0.2) is 0 Å². The third kappa shape index (κ3) is 2.57. The Kier molecular flexibility index (Phi) is 3.50. The van der Waals surface area contributed by atoms with Crippen LogP contribution in [0.1, 0.15) is 13.3 Å². The summed E-state index contributed by atoms with van der Waals surface area (Å²) in [7, 11) is 0. The lowest BCUT2D eigenvalue weighted by Crippen LogP contribution is -2.49. The summed E-state index contributed by atoms with van der Waals surface area (Å²) < 4.78 is 5.26. The number of rotatable bonds is 2. The number of nitrogens with zero attached hydrogens (tertiary/aromatic N) is 1. The zero-order valence-electron chi connectivity index (χ0n) is 7.64. The Labute approximate surface area is 76.9 Å². The predicted molar refractivity (Wildman–Crippen MR) is 45.6 cm³/mol. The van der Waals surface area contributed by atoms with Crippen molar-refractivity contribution in [3.05, 3.63) is 0 Å². The van der Waals surface area contributed by atoms with E-state index in [2.05, 4.69) is 0 Å². The molecule has 1 amide bonds. The number of hydrogen-bond donors (Lipinski definition) is 2. The van der Waals surface area contributed by atoms with Gasteiger partial charge in [-0.25, -0.2) is 4.79 Å². The third-order valence-electron chi connectivity index (χ3n) is 2.21. The van der Waals surface area contributed by atoms with Crippen LogP contribution in [0.2, 0.25) is 0 Å². The first kappa shape index (κ1) is 10.3. The molecule has 1 rings (SSSR count). The summed E-state index contributed by atoms with van der Waals surface area (Å²) in [5.41, 5.74) is 0. The van der Waals surface area contributed by atoms with Crippen LogP contribution in [0.25, 0.3) is 0 Å². The fourth-order valence-electron chi connectivity index (χ4n) is 1.34. The SMILES string of the molecule is CC[C@H](O)C1CN(C(=O)O)CCO1. The van der Waals surface area contributed by atoms with Gasteiger partial charge in [0.25, 0.3) is 0 Å². The molecular formula is C8H15NO4. The lowest BCUT2D eigenvalue weighted by atomic mass is 10.1. The zero-order valence-corrected chi connectivity index (χ0v) is 7.64. The average Bonchev–Trinajstić information content (AvgIpc) is 2.17. The molecule has 1 saturated heterocycles. The van der Waals surface area contributed by atoms with Gasteiger partial charge in [-0.1, -0.05) is 6.92 Å². The molecule has 0 aromatic rings. The first-order valence-corrected chi connectivity index (χ1v) is 4.42. The molecule has 5 nitrogen and oxygen atoms in total. The number of morpholine rings is 1. The van der Waals surface area contributed by atoms with Crippen LogP contribution in [0.3, 0.4) is 0 Å². The molecule has 5 heteroatoms. The van der Waals surface area contributed by atoms with Crippen molar-refractivity contribution in [3.8, 4) is 0 Å². The summed E-state index contributed by atoms with van der Waals surface area (Å²) in [5.74, 6) is 0. The molecule has 2 atom stereocenters. The summed E-state index contributed by atoms with van der Waals surface area (Å²) in [6.45, 7) is 2.87. The number of ether oxygens (including phenoxy) is 1. The Balaban J connectivity index is 2.46. The highest BCUT2D eigenvalue weighted by Gasteiger charge is 2.27. The van der Waals surface area contributed by atoms with Gasteiger partial charge in [0.2, 0.25) is 0 Å². The summed E-state index contributed by atoms with van der Waals surface area (Å²) in [6.07, 6.45) is -1.30. The molecule has 0 spiro atoms. The fourth-order valence-corrected chi connectivity index (χ4v) is 1.34. The van der Waals surface area contributed by atoms with Gasteiger partial charge in [0.05, 0.1) is 19.3 Å². The van der Waals surface area contributed by atoms with Crippen molar-refractivity contribution in [2.24, 2.45) is 0 Å². The summed E-state index contributed by atoms with van der Waals surface area (Å²) in [6, 6.07) is 0. The highest BCUT2D eigenvalue weighted by molar-refractivity contribution is 5.65. The van der Waals surface area contributed by atoms with E-state index in [0.717, 1.165) is 0 Å². The Morgan fingerprint density at radius 1 is 1.77 bits per heavy atom. The predicted octanol–water partition coefficient (Wildman–Crippen LogP) is 0.136. The molecule has 2 N–H and O–H groups in total. The van der Waals surface area contributed by atoms with E-state index >= 15 is 0 Å². The Bertz CT molecular complexity index is 185. The minimum atomic E-state index is -0.948. The van der Waals surface area contributed by atoms with Crippen molar-refractivity contribution in [2.45, 2.75) is 25.6 Å². The molecule has 0 aliphatic carbocycles. The molecule has 76 valence electrons. The van der Waals surface area contributed by atoms with Gasteiger partial charge < -0.3 is 19.8 Å². The van der Waals surface area contributed by atoms with Crippen LogP contribution < -0.4 is 0 Å². The monoisotopic (exact) mass is 189 g/mol. The lowest BCUT2D eigenvalue weighted by Gasteiger charge is -2.33. The first-order valence-electron chi connectivity index (χ1n) is 4.42. The molecule has 1 aliphatic heterocycles. The van der Waals surface area contributed by atoms with E-state index in [4.69, 9.17) is 9.84 Å². The molecule has 1 aliphatic rings. The smallest absolute Gasteiger partial charge is 0.407 e. The third-order valence-corrected chi connectivity index (χ3v) is 2.21. The van der Waals surface area contributed by atoms with Crippen molar-refractivity contribution < 1.29 is 19.7 Å². The second kappa shape index (κ2) is 4.43. The van der Waals surface area contributed by atoms with Crippen LogP contribution >= 0.6 is 0 Å². The van der Waals surface area contributed by atoms with Crippen LogP contribution in [-0.2, 0) is 4.74 Å². The van der Waals surface area contributed by atoms with Crippen molar-refractivity contribution in [2.75, 3.05) is 19.7 Å². The van der Waals surface area contributed by atoms with E-state index in [0.29, 0.717) is 19.6 Å². The molecule has 0 radical (unpaired) electrons. The van der Waals surface area contributed by atoms with Gasteiger partial charge in [0, 0.05) is 6.54 Å². The number of amides is 1. The topological polar surface area (TPSA) is 70.0 Å². The normalized spacial score (nSPS) is 25.7. The molecule has 1 heterocycles. The van der Waals surface area contributed by atoms with Gasteiger partial charge in [-0.05, 0) is 6.42 Å². The lowest BCUT2D eigenvalue weighted by molar-refractivity contribution is -0.0826. The van der Waals surface area contributed by atoms with E-state index in [-0.39, 0.29) is 12.6 Å². The van der Waals surface area contributed by atoms with E-state index in [9.17, 15) is 9.90 Å². The molecular weight excluding hydrogens is 174 g/mol. The van der Waals surface area contributed by atoms with Gasteiger partial charge >= 0.3 is 6.09 Å². The molecule has 0 aromatic heterocycles. The number of aliphatic hydroxyl groups excluding tert-OH is 1. The molecule has 1 unspecified atom stereocenters. The van der Waals surface area contributed by atoms with Crippen molar-refractivity contribution in [1.29, 1.82) is 0 Å². The number of carbonyl (C=O) groups is 1. The standard InChI is InChI=1S/C8H15NO4/c1-2-6(10)7-5-9(8(11)12)3-4-13-7/h6-7,10H,2-5H2,1H3,(H,11,12)/t6-,7?/m0/s1. The molecule has 0 aromatic carbocycles. The first-order chi connectivity index (χ1) is 6.15. The summed E-state index contributed by atoms with van der Waals surface area (Å²) in [5, 5.41) is 18.1. The van der Waals surface area contributed by atoms with Crippen molar-refractivity contribution in [3.63, 3.8) is 0 Å². The van der Waals surface area contributed by atoms with E-state index in [1.54, 1.807) is 0 Å². The minimum absolute atomic E-state index is 0.268. The molecule has 13 heavy (non-hydrogen) atoms. The molecule has 0 saturated carbocycles. The number of aliphatic hydroxyl groups is 1. The number of carboxylic acid groups (broad SMARTS) is 1. The van der Waals surface area contributed by atoms with Gasteiger partial charge in [-0.2, -0.15) is 0 Å². The van der Waals surface area contributed by atoms with E-state index in [1.165, 1.54) is 4.90 Å².